The van der Waals surface area contributed by atoms with Crippen LogP contribution in [0.1, 0.15) is 30.4 Å². The second kappa shape index (κ2) is 6.19. The molecule has 0 heterocycles. The third kappa shape index (κ3) is 3.47. The molecule has 0 radical (unpaired) electrons. The van der Waals surface area contributed by atoms with Crippen LogP contribution in [0.3, 0.4) is 0 Å². The van der Waals surface area contributed by atoms with E-state index >= 15 is 0 Å². The van der Waals surface area contributed by atoms with Gasteiger partial charge in [0.1, 0.15) is 4.99 Å². The molecule has 116 valence electrons. The van der Waals surface area contributed by atoms with Gasteiger partial charge in [0.05, 0.1) is 12.2 Å². The molecular formula is C14H17F3N2OS. The van der Waals surface area contributed by atoms with Crippen molar-refractivity contribution in [2.24, 2.45) is 5.73 Å². The number of aliphatic hydroxyl groups is 1. The van der Waals surface area contributed by atoms with E-state index in [0.29, 0.717) is 12.2 Å². The van der Waals surface area contributed by atoms with E-state index in [2.05, 4.69) is 0 Å². The van der Waals surface area contributed by atoms with E-state index in [-0.39, 0.29) is 23.2 Å². The lowest BCUT2D eigenvalue weighted by molar-refractivity contribution is -0.137. The number of halogens is 3. The van der Waals surface area contributed by atoms with Gasteiger partial charge in [-0.1, -0.05) is 12.2 Å². The Morgan fingerprint density at radius 3 is 2.48 bits per heavy atom. The third-order valence-electron chi connectivity index (χ3n) is 3.76. The fourth-order valence-corrected chi connectivity index (χ4v) is 2.63. The molecule has 1 fully saturated rings. The summed E-state index contributed by atoms with van der Waals surface area (Å²) in [6.07, 6.45) is -1.44. The van der Waals surface area contributed by atoms with Crippen LogP contribution in [0.25, 0.3) is 0 Å². The summed E-state index contributed by atoms with van der Waals surface area (Å²) in [5.41, 5.74) is 5.60. The normalized spacial score (nSPS) is 15.6. The molecule has 1 aliphatic rings. The molecule has 1 aliphatic carbocycles. The predicted octanol–water partition coefficient (Wildman–Crippen LogP) is 2.69. The number of nitrogens with two attached hydrogens (primary N) is 1. The monoisotopic (exact) mass is 318 g/mol. The molecular weight excluding hydrogens is 301 g/mol. The van der Waals surface area contributed by atoms with Crippen LogP contribution >= 0.6 is 12.2 Å². The highest BCUT2D eigenvalue weighted by Gasteiger charge is 2.33. The van der Waals surface area contributed by atoms with Gasteiger partial charge in [-0.05, 0) is 37.5 Å². The van der Waals surface area contributed by atoms with Crippen LogP contribution in [-0.4, -0.2) is 29.3 Å². The molecule has 1 aromatic rings. The van der Waals surface area contributed by atoms with Crippen LogP contribution in [0.2, 0.25) is 0 Å². The quantitative estimate of drug-likeness (QED) is 0.820. The van der Waals surface area contributed by atoms with Crippen molar-refractivity contribution in [1.29, 1.82) is 0 Å². The number of anilines is 1. The summed E-state index contributed by atoms with van der Waals surface area (Å²) in [7, 11) is 0. The maximum Gasteiger partial charge on any atom is 0.416 e. The average molecular weight is 318 g/mol. The molecule has 0 bridgehead atoms. The number of alkyl halides is 3. The van der Waals surface area contributed by atoms with Crippen LogP contribution in [0.5, 0.6) is 0 Å². The Labute approximate surface area is 126 Å². The zero-order valence-electron chi connectivity index (χ0n) is 11.4. The standard InChI is InChI=1S/C14H17F3N2OS/c15-14(16,17)9-4-5-12(11(8-9)13(18)21)19(6-7-20)10-2-1-3-10/h4-5,8,10,20H,1-3,6-7H2,(H2,18,21). The molecule has 2 rings (SSSR count). The fourth-order valence-electron chi connectivity index (χ4n) is 2.47. The summed E-state index contributed by atoms with van der Waals surface area (Å²) >= 11 is 4.90. The minimum atomic E-state index is -4.43. The van der Waals surface area contributed by atoms with Crippen molar-refractivity contribution >= 4 is 22.9 Å². The maximum absolute atomic E-state index is 12.8. The second-order valence-corrected chi connectivity index (χ2v) is 5.54. The van der Waals surface area contributed by atoms with Crippen LogP contribution in [0.15, 0.2) is 18.2 Å². The number of hydrogen-bond donors (Lipinski definition) is 2. The molecule has 0 unspecified atom stereocenters. The number of hydrogen-bond acceptors (Lipinski definition) is 3. The van der Waals surface area contributed by atoms with Crippen molar-refractivity contribution in [3.05, 3.63) is 29.3 Å². The van der Waals surface area contributed by atoms with Crippen molar-refractivity contribution in [3.8, 4) is 0 Å². The van der Waals surface area contributed by atoms with E-state index in [1.54, 1.807) is 0 Å². The Kier molecular flexibility index (Phi) is 4.73. The largest absolute Gasteiger partial charge is 0.416 e. The first-order valence-electron chi connectivity index (χ1n) is 6.73. The summed E-state index contributed by atoms with van der Waals surface area (Å²) in [5.74, 6) is 0. The van der Waals surface area contributed by atoms with E-state index in [1.165, 1.54) is 6.07 Å². The molecule has 21 heavy (non-hydrogen) atoms. The second-order valence-electron chi connectivity index (χ2n) is 5.10. The lowest BCUT2D eigenvalue weighted by Crippen LogP contribution is -2.43. The highest BCUT2D eigenvalue weighted by Crippen LogP contribution is 2.36. The SMILES string of the molecule is NC(=S)c1cc(C(F)(F)F)ccc1N(CCO)C1CCC1. The van der Waals surface area contributed by atoms with Gasteiger partial charge >= 0.3 is 6.18 Å². The van der Waals surface area contributed by atoms with Gasteiger partial charge in [0.15, 0.2) is 0 Å². The first-order valence-corrected chi connectivity index (χ1v) is 7.14. The van der Waals surface area contributed by atoms with Gasteiger partial charge in [0.2, 0.25) is 0 Å². The molecule has 0 aromatic heterocycles. The average Bonchev–Trinajstić information content (AvgIpc) is 2.34. The summed E-state index contributed by atoms with van der Waals surface area (Å²) in [4.78, 5) is 1.83. The van der Waals surface area contributed by atoms with Gasteiger partial charge in [-0.25, -0.2) is 0 Å². The maximum atomic E-state index is 12.8. The van der Waals surface area contributed by atoms with Gasteiger partial charge < -0.3 is 15.7 Å². The van der Waals surface area contributed by atoms with Crippen molar-refractivity contribution in [2.45, 2.75) is 31.5 Å². The van der Waals surface area contributed by atoms with Gasteiger partial charge in [-0.2, -0.15) is 13.2 Å². The number of thiocarbonyl (C=S) groups is 1. The van der Waals surface area contributed by atoms with Crippen molar-refractivity contribution in [1.82, 2.24) is 0 Å². The molecule has 1 aromatic carbocycles. The van der Waals surface area contributed by atoms with Crippen LogP contribution < -0.4 is 10.6 Å². The summed E-state index contributed by atoms with van der Waals surface area (Å²) in [5, 5.41) is 9.19. The highest BCUT2D eigenvalue weighted by atomic mass is 32.1. The van der Waals surface area contributed by atoms with Crippen LogP contribution in [-0.2, 0) is 6.18 Å². The van der Waals surface area contributed by atoms with Crippen LogP contribution in [0.4, 0.5) is 18.9 Å². The van der Waals surface area contributed by atoms with Crippen molar-refractivity contribution < 1.29 is 18.3 Å². The van der Waals surface area contributed by atoms with E-state index in [0.717, 1.165) is 31.4 Å². The topological polar surface area (TPSA) is 49.5 Å². The molecule has 3 nitrogen and oxygen atoms in total. The van der Waals surface area contributed by atoms with Gasteiger partial charge in [0.25, 0.3) is 0 Å². The van der Waals surface area contributed by atoms with E-state index in [9.17, 15) is 18.3 Å². The number of nitrogens with zero attached hydrogens (tertiary/aromatic N) is 1. The van der Waals surface area contributed by atoms with Crippen LogP contribution in [0, 0.1) is 0 Å². The molecule has 0 saturated heterocycles. The molecule has 0 aliphatic heterocycles. The smallest absolute Gasteiger partial charge is 0.395 e. The Hall–Kier alpha value is -1.34. The molecule has 3 N–H and O–H groups in total. The minimum absolute atomic E-state index is 0.0710. The van der Waals surface area contributed by atoms with E-state index in [4.69, 9.17) is 18.0 Å². The highest BCUT2D eigenvalue weighted by molar-refractivity contribution is 7.80. The van der Waals surface area contributed by atoms with Gasteiger partial charge in [-0.3, -0.25) is 0 Å². The zero-order chi connectivity index (χ0) is 15.6. The van der Waals surface area contributed by atoms with Crippen molar-refractivity contribution in [2.75, 3.05) is 18.1 Å². The lowest BCUT2D eigenvalue weighted by atomic mass is 9.90. The summed E-state index contributed by atoms with van der Waals surface area (Å²) in [6, 6.07) is 3.63. The first kappa shape index (κ1) is 16.0. The zero-order valence-corrected chi connectivity index (χ0v) is 12.2. The molecule has 7 heteroatoms. The van der Waals surface area contributed by atoms with E-state index in [1.807, 2.05) is 4.90 Å². The predicted molar refractivity (Wildman–Crippen MR) is 79.4 cm³/mol. The van der Waals surface area contributed by atoms with Gasteiger partial charge in [0, 0.05) is 23.8 Å². The summed E-state index contributed by atoms with van der Waals surface area (Å²) in [6.45, 7) is 0.278. The Morgan fingerprint density at radius 2 is 2.05 bits per heavy atom. The first-order chi connectivity index (χ1) is 9.84. The number of rotatable bonds is 5. The number of benzene rings is 1. The Bertz CT molecular complexity index is 529. The molecule has 1 saturated carbocycles. The Balaban J connectivity index is 2.43. The fraction of sp³-hybridized carbons (Fsp3) is 0.500. The third-order valence-corrected chi connectivity index (χ3v) is 3.98. The minimum Gasteiger partial charge on any atom is -0.395 e. The molecule has 0 atom stereocenters. The molecule has 0 spiro atoms. The summed E-state index contributed by atoms with van der Waals surface area (Å²) < 4.78 is 38.4. The van der Waals surface area contributed by atoms with Crippen molar-refractivity contribution in [3.63, 3.8) is 0 Å². The van der Waals surface area contributed by atoms with E-state index < -0.39 is 11.7 Å². The Morgan fingerprint density at radius 1 is 1.38 bits per heavy atom. The number of aliphatic hydroxyl groups excluding tert-OH is 1. The van der Waals surface area contributed by atoms with Gasteiger partial charge in [-0.15, -0.1) is 0 Å². The lowest BCUT2D eigenvalue weighted by Gasteiger charge is -2.40. The molecule has 0 amide bonds.